The molecule has 4 aromatic rings. The predicted octanol–water partition coefficient (Wildman–Crippen LogP) is 6.25. The Balaban J connectivity index is 1.59. The number of fused-ring (bicyclic) bond motifs is 1. The number of hydrogen-bond donors (Lipinski definition) is 2. The van der Waals surface area contributed by atoms with Crippen LogP contribution in [-0.2, 0) is 0 Å². The maximum Gasteiger partial charge on any atom is 0.256 e. The number of amides is 1. The van der Waals surface area contributed by atoms with Gasteiger partial charge in [0.05, 0.1) is 6.04 Å². The van der Waals surface area contributed by atoms with Gasteiger partial charge in [0.1, 0.15) is 10.8 Å². The summed E-state index contributed by atoms with van der Waals surface area (Å²) < 4.78 is 11.2. The standard InChI is InChI=1S/C27H25N3O3S/c1-16-8-7-11-23(28-16)29-25(20-12-13-21-22(14-20)33-15-32-21)24-17(2)18(3)34-27(24)30-26(31)19-9-5-4-6-10-19/h4-14,25H,15H2,1-3H3,(H,28,29)(H,30,31)/t25-/m1/s1. The second-order valence-electron chi connectivity index (χ2n) is 8.20. The summed E-state index contributed by atoms with van der Waals surface area (Å²) in [5.41, 5.74) is 4.66. The first-order valence-corrected chi connectivity index (χ1v) is 11.9. The third kappa shape index (κ3) is 4.34. The smallest absolute Gasteiger partial charge is 0.256 e. The fourth-order valence-corrected chi connectivity index (χ4v) is 5.13. The molecule has 0 radical (unpaired) electrons. The highest BCUT2D eigenvalue weighted by Gasteiger charge is 2.27. The molecule has 172 valence electrons. The molecular formula is C27H25N3O3S. The van der Waals surface area contributed by atoms with Gasteiger partial charge >= 0.3 is 0 Å². The molecule has 2 aromatic carbocycles. The van der Waals surface area contributed by atoms with Crippen molar-refractivity contribution in [1.29, 1.82) is 0 Å². The number of thiophene rings is 1. The van der Waals surface area contributed by atoms with Crippen molar-refractivity contribution in [2.75, 3.05) is 17.4 Å². The quantitative estimate of drug-likeness (QED) is 0.348. The Hall–Kier alpha value is -3.84. The molecule has 1 atom stereocenters. The third-order valence-electron chi connectivity index (χ3n) is 5.89. The Kier molecular flexibility index (Phi) is 5.94. The minimum absolute atomic E-state index is 0.138. The lowest BCUT2D eigenvalue weighted by molar-refractivity contribution is 0.102. The average Bonchev–Trinajstić information content (AvgIpc) is 3.42. The number of carbonyl (C=O) groups is 1. The lowest BCUT2D eigenvalue weighted by Gasteiger charge is -2.23. The van der Waals surface area contributed by atoms with Crippen molar-refractivity contribution in [3.05, 3.63) is 99.6 Å². The van der Waals surface area contributed by atoms with Gasteiger partial charge in [0.15, 0.2) is 11.5 Å². The molecule has 3 heterocycles. The van der Waals surface area contributed by atoms with Gasteiger partial charge in [0, 0.05) is 21.7 Å². The van der Waals surface area contributed by atoms with E-state index < -0.39 is 0 Å². The van der Waals surface area contributed by atoms with E-state index in [-0.39, 0.29) is 18.7 Å². The zero-order chi connectivity index (χ0) is 23.7. The van der Waals surface area contributed by atoms with Gasteiger partial charge in [-0.2, -0.15) is 0 Å². The molecular weight excluding hydrogens is 446 g/mol. The monoisotopic (exact) mass is 471 g/mol. The molecule has 5 rings (SSSR count). The molecule has 7 heteroatoms. The number of nitrogens with zero attached hydrogens (tertiary/aromatic N) is 1. The van der Waals surface area contributed by atoms with E-state index in [0.29, 0.717) is 11.3 Å². The van der Waals surface area contributed by atoms with E-state index >= 15 is 0 Å². The molecule has 0 saturated heterocycles. The van der Waals surface area contributed by atoms with E-state index in [9.17, 15) is 4.79 Å². The fourth-order valence-electron chi connectivity index (χ4n) is 4.04. The molecule has 6 nitrogen and oxygen atoms in total. The molecule has 0 bridgehead atoms. The number of benzene rings is 2. The van der Waals surface area contributed by atoms with Gasteiger partial charge in [-0.1, -0.05) is 30.3 Å². The maximum atomic E-state index is 13.0. The lowest BCUT2D eigenvalue weighted by Crippen LogP contribution is -2.18. The van der Waals surface area contributed by atoms with Crippen LogP contribution in [0.1, 0.15) is 43.7 Å². The van der Waals surface area contributed by atoms with Crippen LogP contribution in [0.25, 0.3) is 0 Å². The number of hydrogen-bond acceptors (Lipinski definition) is 6. The van der Waals surface area contributed by atoms with Crippen LogP contribution in [0.2, 0.25) is 0 Å². The molecule has 2 N–H and O–H groups in total. The fraction of sp³-hybridized carbons (Fsp3) is 0.185. The normalized spacial score (nSPS) is 12.9. The third-order valence-corrected chi connectivity index (χ3v) is 7.03. The van der Waals surface area contributed by atoms with Gasteiger partial charge in [-0.15, -0.1) is 11.3 Å². The topological polar surface area (TPSA) is 72.5 Å². The number of ether oxygens (including phenoxy) is 2. The van der Waals surface area contributed by atoms with Crippen LogP contribution in [-0.4, -0.2) is 17.7 Å². The Morgan fingerprint density at radius 1 is 0.971 bits per heavy atom. The first kappa shape index (κ1) is 22.0. The molecule has 2 aromatic heterocycles. The van der Waals surface area contributed by atoms with Crippen molar-refractivity contribution in [2.24, 2.45) is 0 Å². The molecule has 1 amide bonds. The van der Waals surface area contributed by atoms with Gasteiger partial charge in [0.2, 0.25) is 6.79 Å². The number of aryl methyl sites for hydroxylation is 2. The van der Waals surface area contributed by atoms with E-state index in [1.807, 2.05) is 73.7 Å². The highest BCUT2D eigenvalue weighted by atomic mass is 32.1. The molecule has 1 aliphatic rings. The number of aromatic nitrogens is 1. The second-order valence-corrected chi connectivity index (χ2v) is 9.43. The van der Waals surface area contributed by atoms with Crippen LogP contribution in [0, 0.1) is 20.8 Å². The van der Waals surface area contributed by atoms with Gasteiger partial charge < -0.3 is 20.1 Å². The van der Waals surface area contributed by atoms with E-state index in [2.05, 4.69) is 29.5 Å². The van der Waals surface area contributed by atoms with Crippen LogP contribution in [0.4, 0.5) is 10.8 Å². The number of anilines is 2. The molecule has 0 saturated carbocycles. The summed E-state index contributed by atoms with van der Waals surface area (Å²) in [6, 6.07) is 20.8. The highest BCUT2D eigenvalue weighted by molar-refractivity contribution is 7.16. The summed E-state index contributed by atoms with van der Waals surface area (Å²) in [6.07, 6.45) is 0. The summed E-state index contributed by atoms with van der Waals surface area (Å²) in [7, 11) is 0. The van der Waals surface area contributed by atoms with Gasteiger partial charge in [-0.25, -0.2) is 4.98 Å². The largest absolute Gasteiger partial charge is 0.454 e. The van der Waals surface area contributed by atoms with E-state index in [0.717, 1.165) is 43.8 Å². The van der Waals surface area contributed by atoms with E-state index in [1.54, 1.807) is 11.3 Å². The van der Waals surface area contributed by atoms with Gasteiger partial charge in [-0.05, 0) is 68.3 Å². The van der Waals surface area contributed by atoms with Crippen LogP contribution >= 0.6 is 11.3 Å². The Morgan fingerprint density at radius 2 is 1.76 bits per heavy atom. The molecule has 0 unspecified atom stereocenters. The number of carbonyl (C=O) groups excluding carboxylic acids is 1. The van der Waals surface area contributed by atoms with Gasteiger partial charge in [0.25, 0.3) is 5.91 Å². The minimum Gasteiger partial charge on any atom is -0.454 e. The Morgan fingerprint density at radius 3 is 2.56 bits per heavy atom. The summed E-state index contributed by atoms with van der Waals surface area (Å²) >= 11 is 1.58. The summed E-state index contributed by atoms with van der Waals surface area (Å²) in [5.74, 6) is 2.06. The van der Waals surface area contributed by atoms with Crippen LogP contribution in [0.15, 0.2) is 66.7 Å². The second kappa shape index (κ2) is 9.19. The van der Waals surface area contributed by atoms with E-state index in [1.165, 1.54) is 0 Å². The molecule has 0 aliphatic carbocycles. The first-order chi connectivity index (χ1) is 16.5. The first-order valence-electron chi connectivity index (χ1n) is 11.1. The average molecular weight is 472 g/mol. The van der Waals surface area contributed by atoms with Crippen molar-refractivity contribution in [1.82, 2.24) is 4.98 Å². The Labute approximate surface area is 202 Å². The number of pyridine rings is 1. The van der Waals surface area contributed by atoms with E-state index in [4.69, 9.17) is 9.47 Å². The highest BCUT2D eigenvalue weighted by Crippen LogP contribution is 2.43. The minimum atomic E-state index is -0.264. The molecule has 0 spiro atoms. The van der Waals surface area contributed by atoms with Crippen molar-refractivity contribution in [3.8, 4) is 11.5 Å². The van der Waals surface area contributed by atoms with Crippen LogP contribution in [0.3, 0.4) is 0 Å². The van der Waals surface area contributed by atoms with Gasteiger partial charge in [-0.3, -0.25) is 4.79 Å². The van der Waals surface area contributed by atoms with Crippen molar-refractivity contribution in [2.45, 2.75) is 26.8 Å². The number of rotatable bonds is 6. The summed E-state index contributed by atoms with van der Waals surface area (Å²) in [4.78, 5) is 18.8. The lowest BCUT2D eigenvalue weighted by atomic mass is 9.96. The predicted molar refractivity (Wildman–Crippen MR) is 135 cm³/mol. The SMILES string of the molecule is Cc1cccc(N[C@H](c2ccc3c(c2)OCO3)c2c(NC(=O)c3ccccc3)sc(C)c2C)n1. The zero-order valence-corrected chi connectivity index (χ0v) is 20.0. The Bertz CT molecular complexity index is 1350. The van der Waals surface area contributed by atoms with Crippen LogP contribution < -0.4 is 20.1 Å². The molecule has 0 fully saturated rings. The van der Waals surface area contributed by atoms with Crippen molar-refractivity contribution < 1.29 is 14.3 Å². The number of nitrogens with one attached hydrogen (secondary N) is 2. The summed E-state index contributed by atoms with van der Waals surface area (Å²) in [6.45, 7) is 6.34. The maximum absolute atomic E-state index is 13.0. The van der Waals surface area contributed by atoms with Crippen LogP contribution in [0.5, 0.6) is 11.5 Å². The molecule has 1 aliphatic heterocycles. The molecule has 34 heavy (non-hydrogen) atoms. The van der Waals surface area contributed by atoms with Crippen molar-refractivity contribution in [3.63, 3.8) is 0 Å². The van der Waals surface area contributed by atoms with Crippen molar-refractivity contribution >= 4 is 28.1 Å². The summed E-state index contributed by atoms with van der Waals surface area (Å²) in [5, 5.41) is 7.56. The zero-order valence-electron chi connectivity index (χ0n) is 19.2.